The minimum atomic E-state index is -1.16. The molecule has 0 spiro atoms. The molecule has 116 valence electrons. The van der Waals surface area contributed by atoms with E-state index in [1.54, 1.807) is 12.1 Å². The van der Waals surface area contributed by atoms with E-state index in [-0.39, 0.29) is 11.4 Å². The van der Waals surface area contributed by atoms with E-state index in [0.29, 0.717) is 5.75 Å². The first-order valence-corrected chi connectivity index (χ1v) is 6.29. The minimum absolute atomic E-state index is 0.186. The number of benzene rings is 1. The quantitative estimate of drug-likeness (QED) is 0.678. The summed E-state index contributed by atoms with van der Waals surface area (Å²) in [4.78, 5) is 24.9. The number of amides is 1. The van der Waals surface area contributed by atoms with Crippen molar-refractivity contribution in [2.24, 2.45) is 0 Å². The van der Waals surface area contributed by atoms with Gasteiger partial charge in [0.05, 0.1) is 0 Å². The zero-order valence-electron chi connectivity index (χ0n) is 11.9. The van der Waals surface area contributed by atoms with Crippen LogP contribution in [0, 0.1) is 6.92 Å². The fraction of sp³-hybridized carbons (Fsp3) is 0.133. The standard InChI is InChI=1S/C8H8N2O4.C7H8O/c11-5-2-1-3-9-7(5)8(14)10-4-6(12)13;1-6-2-4-7(8)5-3-6/h1-3,11H,4H2,(H,10,14)(H,12,13);2-5,8H,1H3. The van der Waals surface area contributed by atoms with Crippen molar-refractivity contribution in [2.75, 3.05) is 6.54 Å². The lowest BCUT2D eigenvalue weighted by Gasteiger charge is -2.02. The third-order valence-electron chi connectivity index (χ3n) is 2.44. The number of nitrogens with zero attached hydrogens (tertiary/aromatic N) is 1. The van der Waals surface area contributed by atoms with Crippen molar-refractivity contribution in [3.63, 3.8) is 0 Å². The summed E-state index contributed by atoms with van der Waals surface area (Å²) < 4.78 is 0. The van der Waals surface area contributed by atoms with Crippen LogP contribution in [0.4, 0.5) is 0 Å². The van der Waals surface area contributed by atoms with E-state index in [0.717, 1.165) is 0 Å². The third-order valence-corrected chi connectivity index (χ3v) is 2.44. The molecule has 0 unspecified atom stereocenters. The largest absolute Gasteiger partial charge is 0.508 e. The number of carboxylic acid groups (broad SMARTS) is 1. The van der Waals surface area contributed by atoms with Crippen molar-refractivity contribution in [1.82, 2.24) is 10.3 Å². The number of nitrogens with one attached hydrogen (secondary N) is 1. The molecule has 7 nitrogen and oxygen atoms in total. The highest BCUT2D eigenvalue weighted by molar-refractivity contribution is 5.96. The van der Waals surface area contributed by atoms with Gasteiger partial charge in [-0.3, -0.25) is 9.59 Å². The lowest BCUT2D eigenvalue weighted by Crippen LogP contribution is -2.29. The first-order chi connectivity index (χ1) is 10.4. The maximum Gasteiger partial charge on any atom is 0.322 e. The number of aliphatic carboxylic acids is 1. The SMILES string of the molecule is Cc1ccc(O)cc1.O=C(O)CNC(=O)c1ncccc1O. The van der Waals surface area contributed by atoms with Crippen LogP contribution in [0.25, 0.3) is 0 Å². The van der Waals surface area contributed by atoms with Crippen LogP contribution >= 0.6 is 0 Å². The van der Waals surface area contributed by atoms with Crippen LogP contribution in [-0.4, -0.2) is 38.7 Å². The highest BCUT2D eigenvalue weighted by Crippen LogP contribution is 2.11. The maximum atomic E-state index is 11.2. The summed E-state index contributed by atoms with van der Waals surface area (Å²) >= 11 is 0. The van der Waals surface area contributed by atoms with Crippen molar-refractivity contribution < 1.29 is 24.9 Å². The summed E-state index contributed by atoms with van der Waals surface area (Å²) in [6, 6.07) is 9.85. The van der Waals surface area contributed by atoms with Crippen LogP contribution in [0.2, 0.25) is 0 Å². The third kappa shape index (κ3) is 5.91. The molecule has 1 aromatic carbocycles. The van der Waals surface area contributed by atoms with Crippen LogP contribution in [-0.2, 0) is 4.79 Å². The number of phenolic OH excluding ortho intramolecular Hbond substituents is 1. The first kappa shape index (κ1) is 17.0. The fourth-order valence-electron chi connectivity index (χ4n) is 1.36. The van der Waals surface area contributed by atoms with Gasteiger partial charge in [0, 0.05) is 6.20 Å². The molecule has 0 aliphatic carbocycles. The lowest BCUT2D eigenvalue weighted by molar-refractivity contribution is -0.135. The molecule has 7 heteroatoms. The molecular weight excluding hydrogens is 288 g/mol. The highest BCUT2D eigenvalue weighted by atomic mass is 16.4. The summed E-state index contributed by atoms with van der Waals surface area (Å²) in [6.07, 6.45) is 1.33. The van der Waals surface area contributed by atoms with Gasteiger partial charge in [0.2, 0.25) is 0 Å². The van der Waals surface area contributed by atoms with E-state index >= 15 is 0 Å². The molecule has 0 bridgehead atoms. The predicted octanol–water partition coefficient (Wildman–Crippen LogP) is 1.30. The number of hydrogen-bond donors (Lipinski definition) is 4. The molecule has 2 rings (SSSR count). The molecule has 0 aliphatic heterocycles. The van der Waals surface area contributed by atoms with Gasteiger partial charge in [-0.2, -0.15) is 0 Å². The number of carbonyl (C=O) groups is 2. The van der Waals surface area contributed by atoms with E-state index in [9.17, 15) is 14.7 Å². The van der Waals surface area contributed by atoms with Gasteiger partial charge in [-0.25, -0.2) is 4.98 Å². The minimum Gasteiger partial charge on any atom is -0.508 e. The van der Waals surface area contributed by atoms with Gasteiger partial charge >= 0.3 is 5.97 Å². The molecule has 0 fully saturated rings. The number of pyridine rings is 1. The molecule has 0 atom stereocenters. The topological polar surface area (TPSA) is 120 Å². The summed E-state index contributed by atoms with van der Waals surface area (Å²) in [5.74, 6) is -1.83. The molecule has 0 radical (unpaired) electrons. The van der Waals surface area contributed by atoms with Gasteiger partial charge in [-0.05, 0) is 31.2 Å². The van der Waals surface area contributed by atoms with Crippen molar-refractivity contribution in [2.45, 2.75) is 6.92 Å². The van der Waals surface area contributed by atoms with Crippen LogP contribution in [0.15, 0.2) is 42.6 Å². The number of hydrogen-bond acceptors (Lipinski definition) is 5. The Morgan fingerprint density at radius 3 is 2.27 bits per heavy atom. The number of aryl methyl sites for hydroxylation is 1. The number of aromatic nitrogens is 1. The molecule has 1 amide bonds. The molecule has 2 aromatic rings. The Morgan fingerprint density at radius 2 is 1.77 bits per heavy atom. The van der Waals surface area contributed by atoms with Gasteiger partial charge in [0.15, 0.2) is 5.69 Å². The number of carboxylic acids is 1. The fourth-order valence-corrected chi connectivity index (χ4v) is 1.36. The monoisotopic (exact) mass is 304 g/mol. The molecule has 0 saturated heterocycles. The van der Waals surface area contributed by atoms with Gasteiger partial charge in [0.1, 0.15) is 18.0 Å². The van der Waals surface area contributed by atoms with Crippen LogP contribution < -0.4 is 5.32 Å². The summed E-state index contributed by atoms with van der Waals surface area (Å²) in [5.41, 5.74) is 0.983. The number of phenols is 1. The van der Waals surface area contributed by atoms with Crippen molar-refractivity contribution in [3.8, 4) is 11.5 Å². The summed E-state index contributed by atoms with van der Waals surface area (Å²) in [6.45, 7) is 1.48. The van der Waals surface area contributed by atoms with Crippen molar-refractivity contribution in [3.05, 3.63) is 53.9 Å². The second-order valence-electron chi connectivity index (χ2n) is 4.28. The Balaban J connectivity index is 0.000000255. The zero-order valence-corrected chi connectivity index (χ0v) is 11.9. The Kier molecular flexibility index (Phi) is 6.36. The number of aromatic hydroxyl groups is 2. The van der Waals surface area contributed by atoms with Crippen LogP contribution in [0.5, 0.6) is 11.5 Å². The molecule has 0 aliphatic rings. The Morgan fingerprint density at radius 1 is 1.14 bits per heavy atom. The molecule has 0 saturated carbocycles. The Labute approximate surface area is 126 Å². The smallest absolute Gasteiger partial charge is 0.322 e. The Hall–Kier alpha value is -3.09. The highest BCUT2D eigenvalue weighted by Gasteiger charge is 2.12. The average Bonchev–Trinajstić information content (AvgIpc) is 2.49. The van der Waals surface area contributed by atoms with Gasteiger partial charge < -0.3 is 20.6 Å². The first-order valence-electron chi connectivity index (χ1n) is 6.29. The summed E-state index contributed by atoms with van der Waals surface area (Å²) in [7, 11) is 0. The maximum absolute atomic E-state index is 11.2. The van der Waals surface area contributed by atoms with E-state index in [4.69, 9.17) is 10.2 Å². The molecule has 22 heavy (non-hydrogen) atoms. The van der Waals surface area contributed by atoms with Gasteiger partial charge in [-0.1, -0.05) is 17.7 Å². The Bertz CT molecular complexity index is 620. The predicted molar refractivity (Wildman–Crippen MR) is 78.7 cm³/mol. The van der Waals surface area contributed by atoms with E-state index in [2.05, 4.69) is 10.3 Å². The second-order valence-corrected chi connectivity index (χ2v) is 4.28. The number of carbonyl (C=O) groups excluding carboxylic acids is 1. The van der Waals surface area contributed by atoms with Crippen molar-refractivity contribution in [1.29, 1.82) is 0 Å². The van der Waals surface area contributed by atoms with Gasteiger partial charge in [-0.15, -0.1) is 0 Å². The normalized spacial score (nSPS) is 9.32. The number of rotatable bonds is 3. The van der Waals surface area contributed by atoms with Crippen LogP contribution in [0.1, 0.15) is 16.1 Å². The molecule has 1 heterocycles. The van der Waals surface area contributed by atoms with Crippen molar-refractivity contribution >= 4 is 11.9 Å². The second kappa shape index (κ2) is 8.25. The molecule has 4 N–H and O–H groups in total. The summed E-state index contributed by atoms with van der Waals surface area (Å²) in [5, 5.41) is 28.3. The van der Waals surface area contributed by atoms with Crippen LogP contribution in [0.3, 0.4) is 0 Å². The molecule has 1 aromatic heterocycles. The van der Waals surface area contributed by atoms with Gasteiger partial charge in [0.25, 0.3) is 5.91 Å². The average molecular weight is 304 g/mol. The van der Waals surface area contributed by atoms with E-state index in [1.807, 2.05) is 19.1 Å². The lowest BCUT2D eigenvalue weighted by atomic mass is 10.2. The van der Waals surface area contributed by atoms with E-state index < -0.39 is 18.4 Å². The zero-order chi connectivity index (χ0) is 16.5. The molecular formula is C15H16N2O5. The van der Waals surface area contributed by atoms with E-state index in [1.165, 1.54) is 23.9 Å².